The molecule has 0 bridgehead atoms. The number of hydrogen-bond donors (Lipinski definition) is 5. The smallest absolute Gasteiger partial charge is 0.252 e. The zero-order chi connectivity index (χ0) is 21.0. The van der Waals surface area contributed by atoms with Crippen LogP contribution in [-0.4, -0.2) is 42.6 Å². The number of nitrogens with one attached hydrogen (secondary N) is 3. The highest BCUT2D eigenvalue weighted by molar-refractivity contribution is 7.92. The number of carbonyl (C=O) groups is 1. The van der Waals surface area contributed by atoms with Gasteiger partial charge in [-0.1, -0.05) is 18.9 Å². The maximum atomic E-state index is 11.8. The van der Waals surface area contributed by atoms with Gasteiger partial charge < -0.3 is 22.1 Å². The van der Waals surface area contributed by atoms with E-state index >= 15 is 0 Å². The van der Waals surface area contributed by atoms with Gasteiger partial charge in [-0.05, 0) is 25.0 Å². The maximum Gasteiger partial charge on any atom is 0.252 e. The fraction of sp³-hybridized carbons (Fsp3) is 0.389. The summed E-state index contributed by atoms with van der Waals surface area (Å²) in [5, 5.41) is 6.34. The number of hydrogen-bond acceptors (Lipinski definition) is 8. The summed E-state index contributed by atoms with van der Waals surface area (Å²) in [7, 11) is -3.46. The third-order valence-electron chi connectivity index (χ3n) is 4.62. The van der Waals surface area contributed by atoms with Crippen LogP contribution in [0.4, 0.5) is 23.1 Å². The minimum atomic E-state index is -3.46. The summed E-state index contributed by atoms with van der Waals surface area (Å²) in [6.45, 7) is 0. The van der Waals surface area contributed by atoms with Crippen molar-refractivity contribution in [2.45, 2.75) is 37.8 Å². The lowest BCUT2D eigenvalue weighted by Gasteiger charge is -2.29. The minimum Gasteiger partial charge on any atom is -0.366 e. The standard InChI is InChI=1S/C18H25N7O3S/c1-29(27,28)25-16-8-4-7-15(24-16)23-14-9-17(21-10-11(14)18(20)26)22-13-6-3-2-5-12(13)19/h4,7-10,12-13H,2-3,5-6,19H2,1H3,(H2,20,26)(H3,21,22,23,24,25)/t12-,13+/m0/s1. The molecule has 0 saturated heterocycles. The van der Waals surface area contributed by atoms with Crippen molar-refractivity contribution in [2.24, 2.45) is 11.5 Å². The molecule has 2 aromatic rings. The molecule has 2 heterocycles. The minimum absolute atomic E-state index is 0.0400. The molecule has 0 aliphatic heterocycles. The Morgan fingerprint density at radius 1 is 1.17 bits per heavy atom. The molecule has 11 heteroatoms. The fourth-order valence-electron chi connectivity index (χ4n) is 3.25. The van der Waals surface area contributed by atoms with E-state index in [2.05, 4.69) is 25.3 Å². The molecule has 2 aromatic heterocycles. The molecule has 3 rings (SSSR count). The van der Waals surface area contributed by atoms with Crippen molar-refractivity contribution in [3.8, 4) is 0 Å². The zero-order valence-corrected chi connectivity index (χ0v) is 16.9. The lowest BCUT2D eigenvalue weighted by molar-refractivity contribution is 0.100. The van der Waals surface area contributed by atoms with Crippen molar-refractivity contribution in [1.82, 2.24) is 9.97 Å². The first-order valence-electron chi connectivity index (χ1n) is 9.25. The highest BCUT2D eigenvalue weighted by Gasteiger charge is 2.22. The first-order chi connectivity index (χ1) is 13.7. The highest BCUT2D eigenvalue weighted by Crippen LogP contribution is 2.25. The Kier molecular flexibility index (Phi) is 6.18. The van der Waals surface area contributed by atoms with Crippen LogP contribution in [0.15, 0.2) is 30.5 Å². The summed E-state index contributed by atoms with van der Waals surface area (Å²) < 4.78 is 25.1. The maximum absolute atomic E-state index is 11.8. The summed E-state index contributed by atoms with van der Waals surface area (Å²) >= 11 is 0. The van der Waals surface area contributed by atoms with Crippen molar-refractivity contribution in [1.29, 1.82) is 0 Å². The topological polar surface area (TPSA) is 165 Å². The average Bonchev–Trinajstić information content (AvgIpc) is 2.62. The molecule has 2 atom stereocenters. The average molecular weight is 420 g/mol. The van der Waals surface area contributed by atoms with E-state index in [9.17, 15) is 13.2 Å². The molecule has 0 unspecified atom stereocenters. The van der Waals surface area contributed by atoms with Crippen LogP contribution < -0.4 is 26.8 Å². The molecule has 7 N–H and O–H groups in total. The quantitative estimate of drug-likeness (QED) is 0.449. The Morgan fingerprint density at radius 3 is 2.59 bits per heavy atom. The number of rotatable bonds is 7. The SMILES string of the molecule is CS(=O)(=O)Nc1cccc(Nc2cc(N[C@@H]3CCCC[C@@H]3N)ncc2C(N)=O)n1. The highest BCUT2D eigenvalue weighted by atomic mass is 32.2. The van der Waals surface area contributed by atoms with E-state index in [4.69, 9.17) is 11.5 Å². The van der Waals surface area contributed by atoms with Crippen molar-refractivity contribution in [2.75, 3.05) is 21.6 Å². The van der Waals surface area contributed by atoms with Gasteiger partial charge in [-0.25, -0.2) is 18.4 Å². The van der Waals surface area contributed by atoms with E-state index in [1.807, 2.05) is 0 Å². The lowest BCUT2D eigenvalue weighted by atomic mass is 9.91. The van der Waals surface area contributed by atoms with Gasteiger partial charge in [0, 0.05) is 24.3 Å². The summed E-state index contributed by atoms with van der Waals surface area (Å²) in [4.78, 5) is 20.3. The first kappa shape index (κ1) is 20.8. The molecular weight excluding hydrogens is 394 g/mol. The summed E-state index contributed by atoms with van der Waals surface area (Å²) in [5.74, 6) is 0.406. The largest absolute Gasteiger partial charge is 0.366 e. The molecule has 1 aliphatic carbocycles. The molecule has 0 aromatic carbocycles. The lowest BCUT2D eigenvalue weighted by Crippen LogP contribution is -2.42. The fourth-order valence-corrected chi connectivity index (χ4v) is 3.75. The number of primary amides is 1. The van der Waals surface area contributed by atoms with Crippen LogP contribution in [0.1, 0.15) is 36.0 Å². The van der Waals surface area contributed by atoms with Gasteiger partial charge >= 0.3 is 0 Å². The first-order valence-corrected chi connectivity index (χ1v) is 11.1. The Hall–Kier alpha value is -2.92. The van der Waals surface area contributed by atoms with Crippen LogP contribution >= 0.6 is 0 Å². The van der Waals surface area contributed by atoms with Gasteiger partial charge in [0.2, 0.25) is 10.0 Å². The summed E-state index contributed by atoms with van der Waals surface area (Å²) in [6, 6.07) is 6.60. The molecule has 0 radical (unpaired) electrons. The number of nitrogens with two attached hydrogens (primary N) is 2. The molecule has 10 nitrogen and oxygen atoms in total. The number of sulfonamides is 1. The third-order valence-corrected chi connectivity index (χ3v) is 5.20. The van der Waals surface area contributed by atoms with Gasteiger partial charge in [-0.3, -0.25) is 9.52 Å². The van der Waals surface area contributed by atoms with E-state index in [0.29, 0.717) is 17.3 Å². The van der Waals surface area contributed by atoms with E-state index in [0.717, 1.165) is 31.9 Å². The number of amides is 1. The predicted octanol–water partition coefficient (Wildman–Crippen LogP) is 1.37. The second-order valence-electron chi connectivity index (χ2n) is 7.09. The Bertz CT molecular complexity index is 997. The van der Waals surface area contributed by atoms with Crippen LogP contribution in [-0.2, 0) is 10.0 Å². The van der Waals surface area contributed by atoms with E-state index in [-0.39, 0.29) is 23.5 Å². The van der Waals surface area contributed by atoms with Crippen LogP contribution in [0, 0.1) is 0 Å². The Morgan fingerprint density at radius 2 is 1.90 bits per heavy atom. The molecule has 156 valence electrons. The van der Waals surface area contributed by atoms with E-state index in [1.54, 1.807) is 18.2 Å². The second kappa shape index (κ2) is 8.62. The number of aromatic nitrogens is 2. The molecule has 1 fully saturated rings. The van der Waals surface area contributed by atoms with Gasteiger partial charge in [0.15, 0.2) is 0 Å². The van der Waals surface area contributed by atoms with Gasteiger partial charge in [0.1, 0.15) is 17.5 Å². The second-order valence-corrected chi connectivity index (χ2v) is 8.83. The van der Waals surface area contributed by atoms with Crippen LogP contribution in [0.5, 0.6) is 0 Å². The third kappa shape index (κ3) is 5.78. The summed E-state index contributed by atoms with van der Waals surface area (Å²) in [5.41, 5.74) is 12.2. The van der Waals surface area contributed by atoms with Gasteiger partial charge in [0.05, 0.1) is 17.5 Å². The Balaban J connectivity index is 1.85. The molecule has 1 saturated carbocycles. The van der Waals surface area contributed by atoms with Crippen molar-refractivity contribution < 1.29 is 13.2 Å². The molecule has 1 aliphatic rings. The van der Waals surface area contributed by atoms with Gasteiger partial charge in [0.25, 0.3) is 5.91 Å². The zero-order valence-electron chi connectivity index (χ0n) is 16.1. The number of carbonyl (C=O) groups excluding carboxylic acids is 1. The number of anilines is 4. The number of pyridine rings is 2. The van der Waals surface area contributed by atoms with Gasteiger partial charge in [-0.2, -0.15) is 0 Å². The normalized spacial score (nSPS) is 19.4. The summed E-state index contributed by atoms with van der Waals surface area (Å²) in [6.07, 6.45) is 6.54. The Labute approximate surface area is 169 Å². The molecular formula is C18H25N7O3S. The molecule has 1 amide bonds. The van der Waals surface area contributed by atoms with Gasteiger partial charge in [-0.15, -0.1) is 0 Å². The predicted molar refractivity (Wildman–Crippen MR) is 113 cm³/mol. The molecule has 0 spiro atoms. The monoisotopic (exact) mass is 419 g/mol. The van der Waals surface area contributed by atoms with Crippen molar-refractivity contribution in [3.05, 3.63) is 36.0 Å². The van der Waals surface area contributed by atoms with E-state index < -0.39 is 15.9 Å². The van der Waals surface area contributed by atoms with Crippen LogP contribution in [0.25, 0.3) is 0 Å². The van der Waals surface area contributed by atoms with Crippen LogP contribution in [0.2, 0.25) is 0 Å². The van der Waals surface area contributed by atoms with E-state index in [1.165, 1.54) is 12.3 Å². The molecule has 29 heavy (non-hydrogen) atoms. The number of nitrogens with zero attached hydrogens (tertiary/aromatic N) is 2. The van der Waals surface area contributed by atoms with Crippen molar-refractivity contribution >= 4 is 39.1 Å². The van der Waals surface area contributed by atoms with Crippen molar-refractivity contribution in [3.63, 3.8) is 0 Å². The van der Waals surface area contributed by atoms with Crippen LogP contribution in [0.3, 0.4) is 0 Å².